The maximum atomic E-state index is 13.1. The summed E-state index contributed by atoms with van der Waals surface area (Å²) in [5.41, 5.74) is 0.875. The summed E-state index contributed by atoms with van der Waals surface area (Å²) in [7, 11) is 0. The number of carbonyl (C=O) groups excluding carboxylic acids is 1. The van der Waals surface area contributed by atoms with E-state index >= 15 is 0 Å². The lowest BCUT2D eigenvalue weighted by atomic mass is 9.85. The fraction of sp³-hybridized carbons (Fsp3) is 0.143. The van der Waals surface area contributed by atoms with Crippen LogP contribution in [-0.4, -0.2) is 15.6 Å². The molecule has 8 heteroatoms. The van der Waals surface area contributed by atoms with Crippen molar-refractivity contribution in [1.82, 2.24) is 4.57 Å². The van der Waals surface area contributed by atoms with Gasteiger partial charge < -0.3 is 15.0 Å². The monoisotopic (exact) mass is 397 g/mol. The first-order chi connectivity index (χ1) is 13.8. The number of nitrogens with zero attached hydrogens (tertiary/aromatic N) is 2. The molecule has 0 saturated carbocycles. The predicted octanol–water partition coefficient (Wildman–Crippen LogP) is 4.55. The molecular weight excluding hydrogens is 383 g/mol. The maximum absolute atomic E-state index is 13.1. The first kappa shape index (κ1) is 18.6. The minimum Gasteiger partial charge on any atom is -0.508 e. The molecule has 0 spiro atoms. The van der Waals surface area contributed by atoms with Crippen molar-refractivity contribution >= 4 is 11.7 Å². The molecule has 2 aromatic carbocycles. The van der Waals surface area contributed by atoms with E-state index in [1.807, 2.05) is 0 Å². The Hall–Kier alpha value is -3.73. The summed E-state index contributed by atoms with van der Waals surface area (Å²) in [5, 5.41) is 21.8. The number of phenolic OH excluding ortho intramolecular Hbond substituents is 1. The average molecular weight is 397 g/mol. The number of aromatic nitrogens is 1. The Morgan fingerprint density at radius 1 is 1.17 bits per heavy atom. The Morgan fingerprint density at radius 3 is 2.55 bits per heavy atom. The van der Waals surface area contributed by atoms with Crippen molar-refractivity contribution in [2.75, 3.05) is 5.32 Å². The normalized spacial score (nSPS) is 16.1. The number of amides is 1. The van der Waals surface area contributed by atoms with Gasteiger partial charge in [-0.3, -0.25) is 4.79 Å². The van der Waals surface area contributed by atoms with Gasteiger partial charge in [0.05, 0.1) is 11.1 Å². The number of aromatic hydroxyl groups is 1. The Labute approximate surface area is 163 Å². The SMILES string of the molecule is N#Cc1cn(-c2cccc(C(F)(F)F)c2)c2c1C(c1ccc(O)cc1)CC(=O)N2. The Kier molecular flexibility index (Phi) is 4.31. The number of nitriles is 1. The van der Waals surface area contributed by atoms with Gasteiger partial charge in [0.25, 0.3) is 0 Å². The fourth-order valence-electron chi connectivity index (χ4n) is 3.59. The number of benzene rings is 2. The Morgan fingerprint density at radius 2 is 1.90 bits per heavy atom. The third-order valence-corrected chi connectivity index (χ3v) is 4.91. The van der Waals surface area contributed by atoms with Crippen molar-refractivity contribution < 1.29 is 23.1 Å². The quantitative estimate of drug-likeness (QED) is 0.666. The third-order valence-electron chi connectivity index (χ3n) is 4.91. The van der Waals surface area contributed by atoms with Crippen LogP contribution in [-0.2, 0) is 11.0 Å². The van der Waals surface area contributed by atoms with E-state index in [-0.39, 0.29) is 35.1 Å². The summed E-state index contributed by atoms with van der Waals surface area (Å²) < 4.78 is 40.8. The van der Waals surface area contributed by atoms with Crippen LogP contribution in [0.1, 0.15) is 34.6 Å². The zero-order chi connectivity index (χ0) is 20.8. The molecule has 1 aliphatic heterocycles. The van der Waals surface area contributed by atoms with E-state index in [9.17, 15) is 28.3 Å². The number of fused-ring (bicyclic) bond motifs is 1. The molecule has 1 aromatic heterocycles. The predicted molar refractivity (Wildman–Crippen MR) is 98.7 cm³/mol. The number of phenols is 1. The van der Waals surface area contributed by atoms with Crippen LogP contribution in [0.4, 0.5) is 19.0 Å². The molecule has 1 unspecified atom stereocenters. The second kappa shape index (κ2) is 6.71. The Balaban J connectivity index is 1.89. The average Bonchev–Trinajstić information content (AvgIpc) is 3.06. The van der Waals surface area contributed by atoms with Gasteiger partial charge in [0.1, 0.15) is 17.6 Å². The zero-order valence-corrected chi connectivity index (χ0v) is 14.9. The van der Waals surface area contributed by atoms with Gasteiger partial charge in [-0.25, -0.2) is 0 Å². The molecule has 3 aromatic rings. The van der Waals surface area contributed by atoms with Crippen molar-refractivity contribution in [2.24, 2.45) is 0 Å². The molecule has 2 heterocycles. The van der Waals surface area contributed by atoms with Gasteiger partial charge in [-0.1, -0.05) is 18.2 Å². The van der Waals surface area contributed by atoms with Gasteiger partial charge in [-0.15, -0.1) is 0 Å². The van der Waals surface area contributed by atoms with Crippen molar-refractivity contribution in [1.29, 1.82) is 5.26 Å². The minimum atomic E-state index is -4.51. The lowest BCUT2D eigenvalue weighted by Crippen LogP contribution is -2.25. The van der Waals surface area contributed by atoms with E-state index in [4.69, 9.17) is 0 Å². The number of hydrogen-bond donors (Lipinski definition) is 2. The molecular formula is C21H14F3N3O2. The van der Waals surface area contributed by atoms with Crippen LogP contribution in [0, 0.1) is 11.3 Å². The summed E-state index contributed by atoms with van der Waals surface area (Å²) in [4.78, 5) is 12.3. The molecule has 146 valence electrons. The molecule has 1 atom stereocenters. The van der Waals surface area contributed by atoms with E-state index < -0.39 is 17.7 Å². The second-order valence-corrected chi connectivity index (χ2v) is 6.73. The van der Waals surface area contributed by atoms with Gasteiger partial charge in [0.2, 0.25) is 5.91 Å². The first-order valence-electron chi connectivity index (χ1n) is 8.69. The summed E-state index contributed by atoms with van der Waals surface area (Å²) in [6.07, 6.45) is -3.00. The smallest absolute Gasteiger partial charge is 0.416 e. The third kappa shape index (κ3) is 3.31. The molecule has 0 bridgehead atoms. The number of hydrogen-bond acceptors (Lipinski definition) is 3. The van der Waals surface area contributed by atoms with Crippen LogP contribution in [0.5, 0.6) is 5.75 Å². The number of rotatable bonds is 2. The molecule has 4 rings (SSSR count). The number of carbonyl (C=O) groups is 1. The van der Waals surface area contributed by atoms with Crippen LogP contribution in [0.25, 0.3) is 5.69 Å². The van der Waals surface area contributed by atoms with E-state index in [1.165, 1.54) is 35.0 Å². The highest BCUT2D eigenvalue weighted by Crippen LogP contribution is 2.42. The molecule has 2 N–H and O–H groups in total. The largest absolute Gasteiger partial charge is 0.508 e. The van der Waals surface area contributed by atoms with Gasteiger partial charge in [0.15, 0.2) is 0 Å². The first-order valence-corrected chi connectivity index (χ1v) is 8.69. The van der Waals surface area contributed by atoms with Gasteiger partial charge in [0, 0.05) is 29.8 Å². The highest BCUT2D eigenvalue weighted by atomic mass is 19.4. The molecule has 0 radical (unpaired) electrons. The van der Waals surface area contributed by atoms with Gasteiger partial charge >= 0.3 is 6.18 Å². The molecule has 0 saturated heterocycles. The van der Waals surface area contributed by atoms with Crippen molar-refractivity contribution in [3.05, 3.63) is 77.0 Å². The standard InChI is InChI=1S/C21H14F3N3O2/c22-21(23,24)14-2-1-3-15(8-14)27-11-13(10-25)19-17(9-18(29)26-20(19)27)12-4-6-16(28)7-5-12/h1-8,11,17,28H,9H2,(H,26,29). The van der Waals surface area contributed by atoms with E-state index in [0.29, 0.717) is 5.56 Å². The van der Waals surface area contributed by atoms with Crippen molar-refractivity contribution in [2.45, 2.75) is 18.5 Å². The van der Waals surface area contributed by atoms with E-state index in [2.05, 4.69) is 11.4 Å². The number of nitrogens with one attached hydrogen (secondary N) is 1. The molecule has 29 heavy (non-hydrogen) atoms. The summed E-state index contributed by atoms with van der Waals surface area (Å²) >= 11 is 0. The van der Waals surface area contributed by atoms with Gasteiger partial charge in [-0.05, 0) is 35.9 Å². The van der Waals surface area contributed by atoms with E-state index in [0.717, 1.165) is 17.7 Å². The van der Waals surface area contributed by atoms with Crippen LogP contribution >= 0.6 is 0 Å². The number of alkyl halides is 3. The Bertz CT molecular complexity index is 1140. The lowest BCUT2D eigenvalue weighted by Gasteiger charge is -2.25. The van der Waals surface area contributed by atoms with E-state index in [1.54, 1.807) is 12.1 Å². The molecule has 5 nitrogen and oxygen atoms in total. The highest BCUT2D eigenvalue weighted by Gasteiger charge is 2.34. The van der Waals surface area contributed by atoms with Crippen LogP contribution in [0.15, 0.2) is 54.7 Å². The fourth-order valence-corrected chi connectivity index (χ4v) is 3.59. The maximum Gasteiger partial charge on any atom is 0.416 e. The van der Waals surface area contributed by atoms with Crippen LogP contribution in [0.2, 0.25) is 0 Å². The molecule has 0 fully saturated rings. The summed E-state index contributed by atoms with van der Waals surface area (Å²) in [5.74, 6) is -0.432. The number of halogens is 3. The van der Waals surface area contributed by atoms with Crippen LogP contribution in [0.3, 0.4) is 0 Å². The molecule has 0 aliphatic carbocycles. The zero-order valence-electron chi connectivity index (χ0n) is 14.9. The van der Waals surface area contributed by atoms with Crippen molar-refractivity contribution in [3.8, 4) is 17.5 Å². The number of anilines is 1. The highest BCUT2D eigenvalue weighted by molar-refractivity contribution is 5.95. The summed E-state index contributed by atoms with van der Waals surface area (Å²) in [6, 6.07) is 13.0. The van der Waals surface area contributed by atoms with Gasteiger partial charge in [-0.2, -0.15) is 18.4 Å². The topological polar surface area (TPSA) is 78.1 Å². The molecule has 1 aliphatic rings. The van der Waals surface area contributed by atoms with Crippen molar-refractivity contribution in [3.63, 3.8) is 0 Å². The summed E-state index contributed by atoms with van der Waals surface area (Å²) in [6.45, 7) is 0. The van der Waals surface area contributed by atoms with Crippen LogP contribution < -0.4 is 5.32 Å². The lowest BCUT2D eigenvalue weighted by molar-refractivity contribution is -0.137. The second-order valence-electron chi connectivity index (χ2n) is 6.73. The minimum absolute atomic E-state index is 0.0660. The molecule has 1 amide bonds.